The predicted octanol–water partition coefficient (Wildman–Crippen LogP) is 1.94. The standard InChI is InChI=1S/C20H22F5N5O4S/c1-10-12(11(2)29(26-10)7-16(21)22)3-4-28-6-13-14(20(24,25)9-28)5-15(31)19(18(13)23)30-8-17(32)27-35(30,33)34/h5,16,31H,3-4,6-9H2,1-2H3,(H,27,32). The van der Waals surface area contributed by atoms with E-state index in [0.717, 1.165) is 4.68 Å². The Hall–Kier alpha value is -2.94. The molecule has 2 aliphatic heterocycles. The minimum absolute atomic E-state index is 0.00872. The zero-order valence-corrected chi connectivity index (χ0v) is 19.5. The summed E-state index contributed by atoms with van der Waals surface area (Å²) in [4.78, 5) is 12.8. The van der Waals surface area contributed by atoms with Crippen LogP contribution in [0.25, 0.3) is 0 Å². The van der Waals surface area contributed by atoms with Crippen molar-refractivity contribution in [2.45, 2.75) is 45.7 Å². The Morgan fingerprint density at radius 3 is 2.54 bits per heavy atom. The molecule has 1 amide bonds. The number of fused-ring (bicyclic) bond motifs is 1. The van der Waals surface area contributed by atoms with Crippen LogP contribution in [-0.4, -0.2) is 60.2 Å². The highest BCUT2D eigenvalue weighted by molar-refractivity contribution is 7.92. The Bertz CT molecular complexity index is 1300. The largest absolute Gasteiger partial charge is 0.506 e. The van der Waals surface area contributed by atoms with Crippen molar-refractivity contribution in [1.29, 1.82) is 0 Å². The van der Waals surface area contributed by atoms with E-state index in [0.29, 0.717) is 27.3 Å². The van der Waals surface area contributed by atoms with E-state index >= 15 is 4.39 Å². The van der Waals surface area contributed by atoms with Gasteiger partial charge in [-0.1, -0.05) is 0 Å². The van der Waals surface area contributed by atoms with Gasteiger partial charge in [-0.05, 0) is 31.9 Å². The maximum Gasteiger partial charge on any atom is 0.326 e. The third kappa shape index (κ3) is 4.53. The van der Waals surface area contributed by atoms with Crippen molar-refractivity contribution in [3.63, 3.8) is 0 Å². The molecule has 35 heavy (non-hydrogen) atoms. The molecule has 1 aromatic heterocycles. The number of halogens is 5. The van der Waals surface area contributed by atoms with Crippen LogP contribution < -0.4 is 9.03 Å². The Morgan fingerprint density at radius 2 is 1.94 bits per heavy atom. The molecular weight excluding hydrogens is 501 g/mol. The maximum atomic E-state index is 15.4. The van der Waals surface area contributed by atoms with Crippen LogP contribution in [0.1, 0.15) is 28.1 Å². The summed E-state index contributed by atoms with van der Waals surface area (Å²) in [5.41, 5.74) is -0.617. The van der Waals surface area contributed by atoms with Crippen LogP contribution in [0.4, 0.5) is 27.6 Å². The highest BCUT2D eigenvalue weighted by Gasteiger charge is 2.45. The maximum absolute atomic E-state index is 15.4. The Labute approximate surface area is 197 Å². The van der Waals surface area contributed by atoms with Crippen molar-refractivity contribution in [3.05, 3.63) is 40.0 Å². The number of hydrogen-bond donors (Lipinski definition) is 2. The summed E-state index contributed by atoms with van der Waals surface area (Å²) in [6.45, 7) is 0.674. The van der Waals surface area contributed by atoms with E-state index in [9.17, 15) is 35.9 Å². The van der Waals surface area contributed by atoms with Crippen molar-refractivity contribution in [2.24, 2.45) is 0 Å². The fourth-order valence-corrected chi connectivity index (χ4v) is 5.67. The fraction of sp³-hybridized carbons (Fsp3) is 0.500. The van der Waals surface area contributed by atoms with Crippen molar-refractivity contribution in [2.75, 3.05) is 23.9 Å². The number of hydrogen-bond acceptors (Lipinski definition) is 6. The van der Waals surface area contributed by atoms with E-state index in [1.165, 1.54) is 4.90 Å². The van der Waals surface area contributed by atoms with Crippen LogP contribution in [0.5, 0.6) is 5.75 Å². The van der Waals surface area contributed by atoms with Gasteiger partial charge in [-0.25, -0.2) is 22.2 Å². The number of nitrogens with one attached hydrogen (secondary N) is 1. The van der Waals surface area contributed by atoms with E-state index < -0.39 is 76.5 Å². The van der Waals surface area contributed by atoms with Gasteiger partial charge in [0.15, 0.2) is 5.82 Å². The number of aromatic nitrogens is 2. The predicted molar refractivity (Wildman–Crippen MR) is 113 cm³/mol. The molecule has 0 aliphatic carbocycles. The van der Waals surface area contributed by atoms with Crippen LogP contribution in [0, 0.1) is 19.7 Å². The number of benzene rings is 1. The quantitative estimate of drug-likeness (QED) is 0.561. The second-order valence-corrected chi connectivity index (χ2v) is 10.1. The van der Waals surface area contributed by atoms with E-state index in [1.54, 1.807) is 18.6 Å². The van der Waals surface area contributed by atoms with Crippen LogP contribution in [0.15, 0.2) is 6.07 Å². The number of phenols is 1. The Morgan fingerprint density at radius 1 is 1.26 bits per heavy atom. The highest BCUT2D eigenvalue weighted by Crippen LogP contribution is 2.45. The van der Waals surface area contributed by atoms with E-state index in [-0.39, 0.29) is 19.5 Å². The lowest BCUT2D eigenvalue weighted by Crippen LogP contribution is -2.42. The number of nitrogens with zero attached hydrogens (tertiary/aromatic N) is 4. The molecule has 0 bridgehead atoms. The molecule has 1 saturated heterocycles. The Kier molecular flexibility index (Phi) is 6.20. The van der Waals surface area contributed by atoms with Gasteiger partial charge in [-0.2, -0.15) is 22.3 Å². The van der Waals surface area contributed by atoms with Crippen molar-refractivity contribution >= 4 is 21.8 Å². The van der Waals surface area contributed by atoms with Gasteiger partial charge in [0.05, 0.1) is 12.2 Å². The zero-order valence-electron chi connectivity index (χ0n) is 18.7. The van der Waals surface area contributed by atoms with Gasteiger partial charge in [0.1, 0.15) is 24.5 Å². The van der Waals surface area contributed by atoms with Gasteiger partial charge in [-0.3, -0.25) is 14.4 Å². The molecule has 9 nitrogen and oxygen atoms in total. The van der Waals surface area contributed by atoms with Crippen LogP contribution in [0.2, 0.25) is 0 Å². The third-order valence-electron chi connectivity index (χ3n) is 6.11. The number of alkyl halides is 4. The number of phenolic OH excluding ortho intramolecular Hbond substituents is 1. The summed E-state index contributed by atoms with van der Waals surface area (Å²) in [7, 11) is -4.50. The van der Waals surface area contributed by atoms with Gasteiger partial charge < -0.3 is 5.11 Å². The van der Waals surface area contributed by atoms with E-state index in [4.69, 9.17) is 0 Å². The summed E-state index contributed by atoms with van der Waals surface area (Å²) >= 11 is 0. The molecule has 15 heteroatoms. The summed E-state index contributed by atoms with van der Waals surface area (Å²) in [6, 6.07) is 0.617. The van der Waals surface area contributed by atoms with Crippen molar-refractivity contribution in [3.8, 4) is 5.75 Å². The van der Waals surface area contributed by atoms with E-state index in [1.807, 2.05) is 0 Å². The smallest absolute Gasteiger partial charge is 0.326 e. The Balaban J connectivity index is 1.63. The average Bonchev–Trinajstić information content (AvgIpc) is 3.13. The van der Waals surface area contributed by atoms with Gasteiger partial charge in [0.25, 0.3) is 18.3 Å². The minimum Gasteiger partial charge on any atom is -0.506 e. The molecule has 2 aliphatic rings. The number of anilines is 1. The summed E-state index contributed by atoms with van der Waals surface area (Å²) in [5.74, 6) is -6.95. The lowest BCUT2D eigenvalue weighted by atomic mass is 9.94. The number of amides is 1. The number of carbonyl (C=O) groups is 1. The molecule has 3 heterocycles. The van der Waals surface area contributed by atoms with Gasteiger partial charge in [-0.15, -0.1) is 0 Å². The molecule has 1 aromatic carbocycles. The van der Waals surface area contributed by atoms with Crippen molar-refractivity contribution in [1.82, 2.24) is 19.4 Å². The molecular formula is C20H22F5N5O4S. The van der Waals surface area contributed by atoms with Crippen LogP contribution in [0.3, 0.4) is 0 Å². The summed E-state index contributed by atoms with van der Waals surface area (Å²) in [5, 5.41) is 14.3. The third-order valence-corrected chi connectivity index (χ3v) is 7.49. The first kappa shape index (κ1) is 25.2. The second kappa shape index (κ2) is 8.62. The molecule has 192 valence electrons. The molecule has 0 unspecified atom stereocenters. The lowest BCUT2D eigenvalue weighted by Gasteiger charge is -2.35. The number of rotatable bonds is 6. The zero-order chi connectivity index (χ0) is 25.9. The number of aryl methyl sites for hydroxylation is 1. The molecule has 0 atom stereocenters. The molecule has 2 aromatic rings. The van der Waals surface area contributed by atoms with Gasteiger partial charge in [0, 0.05) is 29.9 Å². The minimum atomic E-state index is -4.50. The number of carbonyl (C=O) groups excluding carboxylic acids is 1. The SMILES string of the molecule is Cc1nn(CC(F)F)c(C)c1CCN1Cc2c(cc(O)c(N3CC(=O)NS3(=O)=O)c2F)C(F)(F)C1. The van der Waals surface area contributed by atoms with Crippen LogP contribution in [-0.2, 0) is 40.4 Å². The lowest BCUT2D eigenvalue weighted by molar-refractivity contribution is -0.117. The molecule has 0 radical (unpaired) electrons. The first-order chi connectivity index (χ1) is 16.2. The van der Waals surface area contributed by atoms with Gasteiger partial charge >= 0.3 is 10.2 Å². The molecule has 1 fully saturated rings. The second-order valence-electron chi connectivity index (χ2n) is 8.51. The van der Waals surface area contributed by atoms with Crippen LogP contribution >= 0.6 is 0 Å². The molecule has 4 rings (SSSR count). The first-order valence-corrected chi connectivity index (χ1v) is 11.9. The topological polar surface area (TPSA) is 108 Å². The van der Waals surface area contributed by atoms with E-state index in [2.05, 4.69) is 5.10 Å². The molecule has 0 saturated carbocycles. The normalized spacial score (nSPS) is 19.3. The monoisotopic (exact) mass is 523 g/mol. The van der Waals surface area contributed by atoms with Gasteiger partial charge in [0.2, 0.25) is 0 Å². The highest BCUT2D eigenvalue weighted by atomic mass is 32.2. The molecule has 0 spiro atoms. The first-order valence-electron chi connectivity index (χ1n) is 10.5. The molecule has 2 N–H and O–H groups in total. The number of aromatic hydroxyl groups is 1. The van der Waals surface area contributed by atoms with Crippen molar-refractivity contribution < 1.29 is 40.3 Å². The fourth-order valence-electron chi connectivity index (χ4n) is 4.51. The summed E-state index contributed by atoms with van der Waals surface area (Å²) in [6.07, 6.45) is -2.44. The summed E-state index contributed by atoms with van der Waals surface area (Å²) < 4.78 is 98.2. The average molecular weight is 523 g/mol.